The van der Waals surface area contributed by atoms with Crippen LogP contribution < -0.4 is 5.32 Å². The van der Waals surface area contributed by atoms with Crippen LogP contribution in [0.15, 0.2) is 4.99 Å². The van der Waals surface area contributed by atoms with E-state index in [1.165, 1.54) is 11.8 Å². The Balaban J connectivity index is 1.81. The number of likely N-dealkylation sites (N-methyl/N-ethyl adjacent to an activating group) is 1. The minimum atomic E-state index is -0.562. The molecule has 0 aromatic carbocycles. The van der Waals surface area contributed by atoms with Gasteiger partial charge in [0.2, 0.25) is 0 Å². The van der Waals surface area contributed by atoms with Gasteiger partial charge in [-0.25, -0.2) is 0 Å². The Kier molecular flexibility index (Phi) is 4.60. The highest BCUT2D eigenvalue weighted by Gasteiger charge is 2.26. The van der Waals surface area contributed by atoms with E-state index < -0.39 is 11.8 Å². The van der Waals surface area contributed by atoms with Gasteiger partial charge in [-0.2, -0.15) is 0 Å². The van der Waals surface area contributed by atoms with Crippen LogP contribution in [0, 0.1) is 0 Å². The summed E-state index contributed by atoms with van der Waals surface area (Å²) in [5.41, 5.74) is 0. The number of carbonyl (C=O) groups is 2. The monoisotopic (exact) mass is 270 g/mol. The first-order valence-electron chi connectivity index (χ1n) is 6.20. The second-order valence-corrected chi connectivity index (χ2v) is 5.30. The number of aliphatic imine (C=N–C) groups is 1. The van der Waals surface area contributed by atoms with E-state index in [-0.39, 0.29) is 0 Å². The van der Waals surface area contributed by atoms with Crippen LogP contribution in [0.4, 0.5) is 0 Å². The quantitative estimate of drug-likeness (QED) is 0.644. The van der Waals surface area contributed by atoms with E-state index >= 15 is 0 Å². The summed E-state index contributed by atoms with van der Waals surface area (Å²) >= 11 is 1.48. The summed E-state index contributed by atoms with van der Waals surface area (Å²) in [4.78, 5) is 31.6. The fourth-order valence-electron chi connectivity index (χ4n) is 1.97. The van der Waals surface area contributed by atoms with E-state index in [9.17, 15) is 9.59 Å². The highest BCUT2D eigenvalue weighted by Crippen LogP contribution is 2.09. The first-order valence-corrected chi connectivity index (χ1v) is 7.19. The zero-order chi connectivity index (χ0) is 13.0. The molecule has 7 heteroatoms. The number of amides is 2. The molecule has 0 saturated carbocycles. The van der Waals surface area contributed by atoms with E-state index in [2.05, 4.69) is 22.1 Å². The minimum Gasteiger partial charge on any atom is -0.332 e. The van der Waals surface area contributed by atoms with Crippen molar-refractivity contribution in [1.29, 1.82) is 0 Å². The standard InChI is InChI=1S/C11H18N4O2S/c1-2-14-4-6-15(7-5-14)10(17)9(16)13-11-12-3-8-18-11/h2-8H2,1H3,(H,12,13,16). The number of piperazine rings is 1. The lowest BCUT2D eigenvalue weighted by molar-refractivity contribution is -0.146. The van der Waals surface area contributed by atoms with Crippen LogP contribution in [0.2, 0.25) is 0 Å². The summed E-state index contributed by atoms with van der Waals surface area (Å²) in [6, 6.07) is 0. The predicted octanol–water partition coefficient (Wildman–Crippen LogP) is -0.630. The lowest BCUT2D eigenvalue weighted by Crippen LogP contribution is -2.52. The summed E-state index contributed by atoms with van der Waals surface area (Å²) in [6.07, 6.45) is 0. The average Bonchev–Trinajstić information content (AvgIpc) is 2.91. The maximum Gasteiger partial charge on any atom is 0.315 e. The van der Waals surface area contributed by atoms with E-state index in [1.54, 1.807) is 4.90 Å². The molecule has 0 aliphatic carbocycles. The molecule has 18 heavy (non-hydrogen) atoms. The Morgan fingerprint density at radius 2 is 2.06 bits per heavy atom. The molecule has 0 unspecified atom stereocenters. The van der Waals surface area contributed by atoms with E-state index in [1.807, 2.05) is 0 Å². The van der Waals surface area contributed by atoms with Crippen molar-refractivity contribution in [3.8, 4) is 0 Å². The van der Waals surface area contributed by atoms with Crippen molar-refractivity contribution in [2.75, 3.05) is 45.0 Å². The molecule has 2 rings (SSSR count). The predicted molar refractivity (Wildman–Crippen MR) is 71.6 cm³/mol. The molecule has 2 heterocycles. The van der Waals surface area contributed by atoms with E-state index in [4.69, 9.17) is 0 Å². The number of nitrogens with one attached hydrogen (secondary N) is 1. The largest absolute Gasteiger partial charge is 0.332 e. The number of nitrogens with zero attached hydrogens (tertiary/aromatic N) is 3. The zero-order valence-electron chi connectivity index (χ0n) is 10.5. The van der Waals surface area contributed by atoms with Crippen molar-refractivity contribution >= 4 is 28.7 Å². The topological polar surface area (TPSA) is 65.0 Å². The summed E-state index contributed by atoms with van der Waals surface area (Å²) in [5, 5.41) is 3.14. The van der Waals surface area contributed by atoms with Crippen LogP contribution in [-0.2, 0) is 9.59 Å². The third kappa shape index (κ3) is 3.23. The van der Waals surface area contributed by atoms with E-state index in [0.29, 0.717) is 24.8 Å². The number of carbonyl (C=O) groups excluding carboxylic acids is 2. The maximum atomic E-state index is 11.9. The normalized spacial score (nSPS) is 20.7. The molecule has 0 aromatic rings. The number of amidine groups is 1. The summed E-state index contributed by atoms with van der Waals surface area (Å²) in [7, 11) is 0. The van der Waals surface area contributed by atoms with Gasteiger partial charge in [-0.3, -0.25) is 19.9 Å². The molecular weight excluding hydrogens is 252 g/mol. The van der Waals surface area contributed by atoms with Crippen molar-refractivity contribution in [1.82, 2.24) is 15.1 Å². The molecule has 100 valence electrons. The molecule has 1 N–H and O–H groups in total. The van der Waals surface area contributed by atoms with Gasteiger partial charge in [-0.1, -0.05) is 18.7 Å². The van der Waals surface area contributed by atoms with Crippen LogP contribution >= 0.6 is 11.8 Å². The number of thioether (sulfide) groups is 1. The molecule has 0 atom stereocenters. The highest BCUT2D eigenvalue weighted by atomic mass is 32.2. The molecule has 1 fully saturated rings. The Labute approximate surface area is 111 Å². The van der Waals surface area contributed by atoms with Gasteiger partial charge >= 0.3 is 11.8 Å². The van der Waals surface area contributed by atoms with Crippen molar-refractivity contribution < 1.29 is 9.59 Å². The SMILES string of the molecule is CCN1CCN(C(=O)C(=O)NC2=NCCS2)CC1. The molecule has 0 bridgehead atoms. The van der Waals surface area contributed by atoms with Crippen LogP contribution in [0.1, 0.15) is 6.92 Å². The van der Waals surface area contributed by atoms with E-state index in [0.717, 1.165) is 25.4 Å². The van der Waals surface area contributed by atoms with Crippen molar-refractivity contribution in [3.63, 3.8) is 0 Å². The molecule has 0 spiro atoms. The molecule has 2 aliphatic rings. The number of rotatable bonds is 1. The van der Waals surface area contributed by atoms with Gasteiger partial charge in [0.1, 0.15) is 0 Å². The van der Waals surface area contributed by atoms with Crippen LogP contribution in [0.3, 0.4) is 0 Å². The van der Waals surface area contributed by atoms with Gasteiger partial charge < -0.3 is 9.80 Å². The maximum absolute atomic E-state index is 11.9. The van der Waals surface area contributed by atoms with Gasteiger partial charge in [0.25, 0.3) is 0 Å². The van der Waals surface area contributed by atoms with Gasteiger partial charge in [0, 0.05) is 31.9 Å². The van der Waals surface area contributed by atoms with Crippen LogP contribution in [0.25, 0.3) is 0 Å². The third-order valence-electron chi connectivity index (χ3n) is 3.11. The second kappa shape index (κ2) is 6.19. The molecular formula is C11H18N4O2S. The smallest absolute Gasteiger partial charge is 0.315 e. The summed E-state index contributed by atoms with van der Waals surface area (Å²) in [6.45, 7) is 6.72. The third-order valence-corrected chi connectivity index (χ3v) is 4.00. The van der Waals surface area contributed by atoms with Gasteiger partial charge in [-0.15, -0.1) is 0 Å². The fourth-order valence-corrected chi connectivity index (χ4v) is 2.70. The van der Waals surface area contributed by atoms with Crippen molar-refractivity contribution in [3.05, 3.63) is 0 Å². The zero-order valence-corrected chi connectivity index (χ0v) is 11.3. The second-order valence-electron chi connectivity index (χ2n) is 4.22. The van der Waals surface area contributed by atoms with Crippen molar-refractivity contribution in [2.24, 2.45) is 4.99 Å². The lowest BCUT2D eigenvalue weighted by Gasteiger charge is -2.33. The van der Waals surface area contributed by atoms with Gasteiger partial charge in [0.15, 0.2) is 5.17 Å². The average molecular weight is 270 g/mol. The first kappa shape index (κ1) is 13.4. The Bertz CT molecular complexity index is 364. The Hall–Kier alpha value is -1.08. The van der Waals surface area contributed by atoms with Gasteiger partial charge in [0.05, 0.1) is 6.54 Å². The minimum absolute atomic E-state index is 0.444. The number of hydrogen-bond acceptors (Lipinski definition) is 5. The molecule has 6 nitrogen and oxygen atoms in total. The molecule has 0 radical (unpaired) electrons. The highest BCUT2D eigenvalue weighted by molar-refractivity contribution is 8.14. The summed E-state index contributed by atoms with van der Waals surface area (Å²) < 4.78 is 0. The van der Waals surface area contributed by atoms with Gasteiger partial charge in [-0.05, 0) is 6.54 Å². The first-order chi connectivity index (χ1) is 8.70. The fraction of sp³-hybridized carbons (Fsp3) is 0.727. The molecule has 2 amide bonds. The Morgan fingerprint density at radius 3 is 2.61 bits per heavy atom. The Morgan fingerprint density at radius 1 is 1.33 bits per heavy atom. The lowest BCUT2D eigenvalue weighted by atomic mass is 10.3. The number of hydrogen-bond donors (Lipinski definition) is 1. The molecule has 0 aromatic heterocycles. The van der Waals surface area contributed by atoms with Crippen molar-refractivity contribution in [2.45, 2.75) is 6.92 Å². The van der Waals surface area contributed by atoms with Crippen LogP contribution in [0.5, 0.6) is 0 Å². The molecule has 2 aliphatic heterocycles. The van der Waals surface area contributed by atoms with Crippen LogP contribution in [-0.4, -0.2) is 71.8 Å². The molecule has 1 saturated heterocycles. The summed E-state index contributed by atoms with van der Waals surface area (Å²) in [5.74, 6) is -0.132.